The standard InChI is InChI=1S/C17H21N3O2S/c1-4-11(2)18-16(22)9-15-10-23-17(20-15)13-5-7-14(8-6-13)19-12(3)21/h5-8,10-11H,4,9H2,1-3H3,(H,18,22)(H,19,21). The maximum absolute atomic E-state index is 11.9. The van der Waals surface area contributed by atoms with Gasteiger partial charge in [0.05, 0.1) is 12.1 Å². The summed E-state index contributed by atoms with van der Waals surface area (Å²) in [5.74, 6) is -0.0983. The molecule has 122 valence electrons. The molecular formula is C17H21N3O2S. The molecular weight excluding hydrogens is 310 g/mol. The van der Waals surface area contributed by atoms with Crippen molar-refractivity contribution in [2.45, 2.75) is 39.7 Å². The van der Waals surface area contributed by atoms with Crippen LogP contribution in [0.25, 0.3) is 10.6 Å². The summed E-state index contributed by atoms with van der Waals surface area (Å²) >= 11 is 1.51. The van der Waals surface area contributed by atoms with Crippen molar-refractivity contribution in [3.05, 3.63) is 35.3 Å². The highest BCUT2D eigenvalue weighted by Crippen LogP contribution is 2.25. The first kappa shape index (κ1) is 17.1. The van der Waals surface area contributed by atoms with E-state index in [1.54, 1.807) is 0 Å². The molecule has 0 spiro atoms. The zero-order chi connectivity index (χ0) is 16.8. The minimum Gasteiger partial charge on any atom is -0.353 e. The minimum atomic E-state index is -0.0957. The quantitative estimate of drug-likeness (QED) is 0.854. The van der Waals surface area contributed by atoms with E-state index < -0.39 is 0 Å². The number of aromatic nitrogens is 1. The van der Waals surface area contributed by atoms with Crippen LogP contribution in [-0.4, -0.2) is 22.8 Å². The van der Waals surface area contributed by atoms with E-state index >= 15 is 0 Å². The predicted octanol–water partition coefficient (Wildman–Crippen LogP) is 3.23. The normalized spacial score (nSPS) is 11.8. The molecule has 1 aromatic carbocycles. The van der Waals surface area contributed by atoms with Gasteiger partial charge in [0.1, 0.15) is 5.01 Å². The van der Waals surface area contributed by atoms with Gasteiger partial charge in [-0.3, -0.25) is 9.59 Å². The van der Waals surface area contributed by atoms with E-state index in [0.29, 0.717) is 6.42 Å². The van der Waals surface area contributed by atoms with E-state index in [1.807, 2.05) is 43.5 Å². The molecule has 2 aromatic rings. The van der Waals surface area contributed by atoms with Crippen molar-refractivity contribution in [3.63, 3.8) is 0 Å². The SMILES string of the molecule is CCC(C)NC(=O)Cc1csc(-c2ccc(NC(C)=O)cc2)n1. The fourth-order valence-corrected chi connectivity index (χ4v) is 2.84. The molecule has 2 N–H and O–H groups in total. The topological polar surface area (TPSA) is 71.1 Å². The molecule has 0 aliphatic heterocycles. The number of hydrogen-bond donors (Lipinski definition) is 2. The molecule has 0 saturated heterocycles. The Morgan fingerprint density at radius 2 is 1.96 bits per heavy atom. The molecule has 2 amide bonds. The number of hydrogen-bond acceptors (Lipinski definition) is 4. The van der Waals surface area contributed by atoms with Crippen molar-refractivity contribution in [2.24, 2.45) is 0 Å². The number of amides is 2. The summed E-state index contributed by atoms with van der Waals surface area (Å²) in [4.78, 5) is 27.4. The molecule has 23 heavy (non-hydrogen) atoms. The molecule has 1 unspecified atom stereocenters. The van der Waals surface area contributed by atoms with Crippen LogP contribution < -0.4 is 10.6 Å². The van der Waals surface area contributed by atoms with Gasteiger partial charge in [-0.25, -0.2) is 4.98 Å². The van der Waals surface area contributed by atoms with Gasteiger partial charge in [-0.1, -0.05) is 6.92 Å². The van der Waals surface area contributed by atoms with Gasteiger partial charge in [0.2, 0.25) is 11.8 Å². The molecule has 0 aliphatic rings. The third-order valence-corrected chi connectivity index (χ3v) is 4.31. The van der Waals surface area contributed by atoms with Crippen molar-refractivity contribution in [2.75, 3.05) is 5.32 Å². The summed E-state index contributed by atoms with van der Waals surface area (Å²) in [5, 5.41) is 8.44. The Bertz CT molecular complexity index is 679. The van der Waals surface area contributed by atoms with Gasteiger partial charge in [0.15, 0.2) is 0 Å². The van der Waals surface area contributed by atoms with Crippen LogP contribution in [0.2, 0.25) is 0 Å². The van der Waals surface area contributed by atoms with Crippen LogP contribution in [0, 0.1) is 0 Å². The number of rotatable bonds is 6. The van der Waals surface area contributed by atoms with Crippen molar-refractivity contribution < 1.29 is 9.59 Å². The van der Waals surface area contributed by atoms with Gasteiger partial charge >= 0.3 is 0 Å². The molecule has 5 nitrogen and oxygen atoms in total. The van der Waals surface area contributed by atoms with Gasteiger partial charge < -0.3 is 10.6 Å². The third kappa shape index (κ3) is 5.17. The lowest BCUT2D eigenvalue weighted by Gasteiger charge is -2.10. The second kappa shape index (κ2) is 7.87. The number of thiazole rings is 1. The third-order valence-electron chi connectivity index (χ3n) is 3.37. The van der Waals surface area contributed by atoms with Gasteiger partial charge in [0.25, 0.3) is 0 Å². The van der Waals surface area contributed by atoms with E-state index in [2.05, 4.69) is 15.6 Å². The summed E-state index contributed by atoms with van der Waals surface area (Å²) in [6.45, 7) is 5.50. The van der Waals surface area contributed by atoms with Crippen LogP contribution in [0.4, 0.5) is 5.69 Å². The van der Waals surface area contributed by atoms with E-state index in [9.17, 15) is 9.59 Å². The zero-order valence-electron chi connectivity index (χ0n) is 13.6. The number of carbonyl (C=O) groups excluding carboxylic acids is 2. The summed E-state index contributed by atoms with van der Waals surface area (Å²) in [5.41, 5.74) is 2.50. The van der Waals surface area contributed by atoms with E-state index in [4.69, 9.17) is 0 Å². The maximum Gasteiger partial charge on any atom is 0.226 e. The Morgan fingerprint density at radius 3 is 2.57 bits per heavy atom. The van der Waals surface area contributed by atoms with E-state index in [1.165, 1.54) is 18.3 Å². The predicted molar refractivity (Wildman–Crippen MR) is 93.5 cm³/mol. The summed E-state index contributed by atoms with van der Waals surface area (Å²) < 4.78 is 0. The van der Waals surface area contributed by atoms with Crippen LogP contribution in [0.5, 0.6) is 0 Å². The van der Waals surface area contributed by atoms with Crippen molar-refractivity contribution in [3.8, 4) is 10.6 Å². The average molecular weight is 331 g/mol. The highest BCUT2D eigenvalue weighted by Gasteiger charge is 2.10. The minimum absolute atomic E-state index is 0.00259. The molecule has 0 bridgehead atoms. The number of nitrogens with one attached hydrogen (secondary N) is 2. The summed E-state index contributed by atoms with van der Waals surface area (Å²) in [6, 6.07) is 7.68. The first-order valence-corrected chi connectivity index (χ1v) is 8.47. The molecule has 2 rings (SSSR count). The summed E-state index contributed by atoms with van der Waals surface area (Å²) in [6.07, 6.45) is 1.21. The van der Waals surface area contributed by atoms with Crippen molar-refractivity contribution >= 4 is 28.8 Å². The summed E-state index contributed by atoms with van der Waals surface area (Å²) in [7, 11) is 0. The first-order chi connectivity index (χ1) is 11.0. The number of nitrogens with zero attached hydrogens (tertiary/aromatic N) is 1. The lowest BCUT2D eigenvalue weighted by Crippen LogP contribution is -2.33. The number of carbonyl (C=O) groups is 2. The fraction of sp³-hybridized carbons (Fsp3) is 0.353. The Morgan fingerprint density at radius 1 is 1.26 bits per heavy atom. The second-order valence-electron chi connectivity index (χ2n) is 5.46. The smallest absolute Gasteiger partial charge is 0.226 e. The van der Waals surface area contributed by atoms with Crippen molar-refractivity contribution in [1.29, 1.82) is 0 Å². The van der Waals surface area contributed by atoms with Gasteiger partial charge in [-0.05, 0) is 37.6 Å². The Balaban J connectivity index is 2.01. The molecule has 1 aromatic heterocycles. The highest BCUT2D eigenvalue weighted by molar-refractivity contribution is 7.13. The molecule has 1 atom stereocenters. The van der Waals surface area contributed by atoms with Gasteiger partial charge in [-0.15, -0.1) is 11.3 Å². The van der Waals surface area contributed by atoms with E-state index in [0.717, 1.165) is 28.4 Å². The second-order valence-corrected chi connectivity index (χ2v) is 6.31. The van der Waals surface area contributed by atoms with Gasteiger partial charge in [0, 0.05) is 29.6 Å². The average Bonchev–Trinajstić information content (AvgIpc) is 2.95. The zero-order valence-corrected chi connectivity index (χ0v) is 14.4. The fourth-order valence-electron chi connectivity index (χ4n) is 2.01. The molecule has 0 saturated carbocycles. The van der Waals surface area contributed by atoms with Crippen LogP contribution in [0.1, 0.15) is 32.9 Å². The Labute approximate surface area is 140 Å². The monoisotopic (exact) mass is 331 g/mol. The first-order valence-electron chi connectivity index (χ1n) is 7.59. The largest absolute Gasteiger partial charge is 0.353 e. The Hall–Kier alpha value is -2.21. The van der Waals surface area contributed by atoms with Crippen molar-refractivity contribution in [1.82, 2.24) is 10.3 Å². The molecule has 6 heteroatoms. The highest BCUT2D eigenvalue weighted by atomic mass is 32.1. The van der Waals surface area contributed by atoms with Crippen LogP contribution in [0.15, 0.2) is 29.6 Å². The lowest BCUT2D eigenvalue weighted by molar-refractivity contribution is -0.121. The van der Waals surface area contributed by atoms with E-state index in [-0.39, 0.29) is 17.9 Å². The molecule has 0 radical (unpaired) electrons. The number of benzene rings is 1. The number of anilines is 1. The maximum atomic E-state index is 11.9. The molecule has 1 heterocycles. The molecule has 0 fully saturated rings. The molecule has 0 aliphatic carbocycles. The Kier molecular flexibility index (Phi) is 5.87. The van der Waals surface area contributed by atoms with Crippen LogP contribution in [-0.2, 0) is 16.0 Å². The lowest BCUT2D eigenvalue weighted by atomic mass is 10.2. The van der Waals surface area contributed by atoms with Gasteiger partial charge in [-0.2, -0.15) is 0 Å². The van der Waals surface area contributed by atoms with Crippen LogP contribution >= 0.6 is 11.3 Å². The van der Waals surface area contributed by atoms with Crippen LogP contribution in [0.3, 0.4) is 0 Å².